The largest absolute Gasteiger partial charge is 0.323 e. The summed E-state index contributed by atoms with van der Waals surface area (Å²) in [6.45, 7) is 3.96. The molecule has 1 aliphatic heterocycles. The number of rotatable bonds is 3. The van der Waals surface area contributed by atoms with Gasteiger partial charge in [-0.2, -0.15) is 0 Å². The van der Waals surface area contributed by atoms with E-state index in [4.69, 9.17) is 0 Å². The maximum absolute atomic E-state index is 13.8. The molecule has 0 spiro atoms. The van der Waals surface area contributed by atoms with Gasteiger partial charge >= 0.3 is 0 Å². The first-order valence-corrected chi connectivity index (χ1v) is 7.58. The average molecular weight is 299 g/mol. The zero-order valence-electron chi connectivity index (χ0n) is 12.7. The smallest absolute Gasteiger partial charge is 0.279 e. The van der Waals surface area contributed by atoms with Gasteiger partial charge in [-0.15, -0.1) is 0 Å². The van der Waals surface area contributed by atoms with Crippen LogP contribution in [-0.4, -0.2) is 19.0 Å². The zero-order chi connectivity index (χ0) is 15.5. The van der Waals surface area contributed by atoms with Crippen LogP contribution < -0.4 is 10.2 Å². The minimum absolute atomic E-state index is 0.142. The Bertz CT molecular complexity index is 699. The molecule has 1 unspecified atom stereocenters. The molecule has 3 nitrogen and oxygen atoms in total. The summed E-state index contributed by atoms with van der Waals surface area (Å²) in [6, 6.07) is 13.2. The minimum Gasteiger partial charge on any atom is -0.323 e. The van der Waals surface area contributed by atoms with Gasteiger partial charge in [0.25, 0.3) is 5.91 Å². The number of aryl methyl sites for hydroxylation is 1. The van der Waals surface area contributed by atoms with Gasteiger partial charge in [0.05, 0.1) is 12.2 Å². The number of carbonyl (C=O) groups excluding carboxylic acids is 1. The summed E-state index contributed by atoms with van der Waals surface area (Å²) in [4.78, 5) is 13.3. The van der Waals surface area contributed by atoms with Crippen LogP contribution in [0.2, 0.25) is 0 Å². The van der Waals surface area contributed by atoms with E-state index in [-0.39, 0.29) is 17.4 Å². The number of benzene rings is 2. The number of hydrogen-bond acceptors (Lipinski definition) is 1. The van der Waals surface area contributed by atoms with E-state index in [1.165, 1.54) is 22.1 Å². The van der Waals surface area contributed by atoms with Gasteiger partial charge in [-0.05, 0) is 30.2 Å². The fourth-order valence-electron chi connectivity index (χ4n) is 2.94. The lowest BCUT2D eigenvalue weighted by atomic mass is 10.00. The Morgan fingerprint density at radius 1 is 1.23 bits per heavy atom. The Labute approximate surface area is 129 Å². The van der Waals surface area contributed by atoms with Crippen molar-refractivity contribution in [3.63, 3.8) is 0 Å². The van der Waals surface area contributed by atoms with Gasteiger partial charge in [0.1, 0.15) is 12.4 Å². The van der Waals surface area contributed by atoms with E-state index in [0.29, 0.717) is 6.54 Å². The van der Waals surface area contributed by atoms with Crippen molar-refractivity contribution in [2.24, 2.45) is 0 Å². The van der Waals surface area contributed by atoms with Crippen LogP contribution in [0, 0.1) is 12.7 Å². The summed E-state index contributed by atoms with van der Waals surface area (Å²) in [5.74, 6) is -0.524. The molecule has 2 aromatic rings. The van der Waals surface area contributed by atoms with Gasteiger partial charge in [0.2, 0.25) is 0 Å². The lowest BCUT2D eigenvalue weighted by Gasteiger charge is -2.25. The number of nitrogens with one attached hydrogen (secondary N) is 2. The van der Waals surface area contributed by atoms with Crippen LogP contribution in [0.5, 0.6) is 0 Å². The third-order valence-corrected chi connectivity index (χ3v) is 4.12. The number of fused-ring (bicyclic) bond motifs is 1. The molecule has 2 N–H and O–H groups in total. The first kappa shape index (κ1) is 14.7. The molecule has 3 rings (SSSR count). The number of hydrogen-bond donors (Lipinski definition) is 2. The number of carbonyl (C=O) groups is 1. The Kier molecular flexibility index (Phi) is 4.20. The molecule has 1 amide bonds. The summed E-state index contributed by atoms with van der Waals surface area (Å²) < 4.78 is 13.8. The Hall–Kier alpha value is -2.20. The fourth-order valence-corrected chi connectivity index (χ4v) is 2.94. The average Bonchev–Trinajstić information content (AvgIpc) is 2.50. The first-order chi connectivity index (χ1) is 10.6. The van der Waals surface area contributed by atoms with Crippen molar-refractivity contribution < 1.29 is 14.1 Å². The number of amides is 1. The summed E-state index contributed by atoms with van der Waals surface area (Å²) in [7, 11) is 0. The van der Waals surface area contributed by atoms with Crippen molar-refractivity contribution >= 4 is 11.6 Å². The molecular formula is C18H20FN2O+. The topological polar surface area (TPSA) is 33.5 Å². The second-order valence-electron chi connectivity index (χ2n) is 5.90. The van der Waals surface area contributed by atoms with Crippen molar-refractivity contribution in [1.29, 1.82) is 0 Å². The molecule has 1 heterocycles. The number of halogens is 1. The van der Waals surface area contributed by atoms with Gasteiger partial charge in [-0.1, -0.05) is 30.3 Å². The molecule has 22 heavy (non-hydrogen) atoms. The molecule has 0 fully saturated rings. The lowest BCUT2D eigenvalue weighted by Crippen LogP contribution is -3.12. The molecule has 1 atom stereocenters. The van der Waals surface area contributed by atoms with E-state index in [1.807, 2.05) is 13.0 Å². The number of quaternary nitrogens is 1. The van der Waals surface area contributed by atoms with Gasteiger partial charge in [0, 0.05) is 12.0 Å². The second kappa shape index (κ2) is 6.28. The van der Waals surface area contributed by atoms with Gasteiger partial charge < -0.3 is 10.2 Å². The summed E-state index contributed by atoms with van der Waals surface area (Å²) in [5, 5.41) is 2.67. The van der Waals surface area contributed by atoms with E-state index in [1.54, 1.807) is 12.1 Å². The highest BCUT2D eigenvalue weighted by Crippen LogP contribution is 2.15. The van der Waals surface area contributed by atoms with Crippen LogP contribution in [0.1, 0.15) is 16.7 Å². The van der Waals surface area contributed by atoms with Gasteiger partial charge in [0.15, 0.2) is 6.54 Å². The Morgan fingerprint density at radius 3 is 2.77 bits per heavy atom. The minimum atomic E-state index is -0.382. The predicted octanol–water partition coefficient (Wildman–Crippen LogP) is 1.71. The third kappa shape index (κ3) is 3.34. The SMILES string of the molecule is Cc1ccc(NC(=O)C[NH+]2CCc3ccccc3C2)c(F)c1. The van der Waals surface area contributed by atoms with Crippen LogP contribution in [0.3, 0.4) is 0 Å². The van der Waals surface area contributed by atoms with Crippen LogP contribution >= 0.6 is 0 Å². The molecule has 114 valence electrons. The van der Waals surface area contributed by atoms with Crippen molar-refractivity contribution in [2.75, 3.05) is 18.4 Å². The highest BCUT2D eigenvalue weighted by molar-refractivity contribution is 5.91. The van der Waals surface area contributed by atoms with E-state index in [9.17, 15) is 9.18 Å². The second-order valence-corrected chi connectivity index (χ2v) is 5.90. The highest BCUT2D eigenvalue weighted by Gasteiger charge is 2.21. The van der Waals surface area contributed by atoms with Crippen molar-refractivity contribution in [2.45, 2.75) is 19.9 Å². The van der Waals surface area contributed by atoms with Gasteiger partial charge in [-0.25, -0.2) is 4.39 Å². The molecule has 4 heteroatoms. The molecular weight excluding hydrogens is 279 g/mol. The summed E-state index contributed by atoms with van der Waals surface area (Å²) >= 11 is 0. The van der Waals surface area contributed by atoms with Crippen molar-refractivity contribution in [3.05, 3.63) is 65.0 Å². The summed E-state index contributed by atoms with van der Waals surface area (Å²) in [5.41, 5.74) is 3.77. The van der Waals surface area contributed by atoms with Crippen LogP contribution in [-0.2, 0) is 17.8 Å². The van der Waals surface area contributed by atoms with E-state index in [0.717, 1.165) is 25.1 Å². The molecule has 0 saturated heterocycles. The maximum atomic E-state index is 13.8. The third-order valence-electron chi connectivity index (χ3n) is 4.12. The lowest BCUT2D eigenvalue weighted by molar-refractivity contribution is -0.907. The molecule has 1 aliphatic rings. The highest BCUT2D eigenvalue weighted by atomic mass is 19.1. The normalized spacial score (nSPS) is 16.9. The maximum Gasteiger partial charge on any atom is 0.279 e. The van der Waals surface area contributed by atoms with Crippen LogP contribution in [0.4, 0.5) is 10.1 Å². The fraction of sp³-hybridized carbons (Fsp3) is 0.278. The van der Waals surface area contributed by atoms with E-state index in [2.05, 4.69) is 23.5 Å². The van der Waals surface area contributed by atoms with Crippen LogP contribution in [0.15, 0.2) is 42.5 Å². The van der Waals surface area contributed by atoms with Crippen molar-refractivity contribution in [1.82, 2.24) is 0 Å². The quantitative estimate of drug-likeness (QED) is 0.889. The van der Waals surface area contributed by atoms with E-state index >= 15 is 0 Å². The van der Waals surface area contributed by atoms with Gasteiger partial charge in [-0.3, -0.25) is 4.79 Å². The number of anilines is 1. The molecule has 0 radical (unpaired) electrons. The van der Waals surface area contributed by atoms with Crippen molar-refractivity contribution in [3.8, 4) is 0 Å². The Balaban J connectivity index is 1.61. The van der Waals surface area contributed by atoms with E-state index < -0.39 is 0 Å². The standard InChI is InChI=1S/C18H19FN2O/c1-13-6-7-17(16(19)10-13)20-18(22)12-21-9-8-14-4-2-3-5-15(14)11-21/h2-7,10H,8-9,11-12H2,1H3,(H,20,22)/p+1. The molecule has 0 bridgehead atoms. The predicted molar refractivity (Wildman–Crippen MR) is 84.3 cm³/mol. The molecule has 2 aromatic carbocycles. The first-order valence-electron chi connectivity index (χ1n) is 7.58. The zero-order valence-corrected chi connectivity index (χ0v) is 12.7. The molecule has 0 aromatic heterocycles. The molecule has 0 saturated carbocycles. The summed E-state index contributed by atoms with van der Waals surface area (Å²) in [6.07, 6.45) is 0.984. The Morgan fingerprint density at radius 2 is 2.00 bits per heavy atom. The van der Waals surface area contributed by atoms with Crippen LogP contribution in [0.25, 0.3) is 0 Å². The molecule has 0 aliphatic carbocycles. The monoisotopic (exact) mass is 299 g/mol.